The van der Waals surface area contributed by atoms with Crippen LogP contribution < -0.4 is 10.1 Å². The number of carbonyl (C=O) groups is 1. The van der Waals surface area contributed by atoms with Crippen molar-refractivity contribution in [2.75, 3.05) is 13.1 Å². The molecule has 0 saturated carbocycles. The van der Waals surface area contributed by atoms with E-state index >= 15 is 0 Å². The summed E-state index contributed by atoms with van der Waals surface area (Å²) in [4.78, 5) is 12.0. The average Bonchev–Trinajstić information content (AvgIpc) is 2.87. The lowest BCUT2D eigenvalue weighted by atomic mass is 9.98. The molecule has 0 amide bonds. The monoisotopic (exact) mass is 287 g/mol. The van der Waals surface area contributed by atoms with Gasteiger partial charge in [0, 0.05) is 12.0 Å². The van der Waals surface area contributed by atoms with Crippen molar-refractivity contribution in [3.63, 3.8) is 0 Å². The molecule has 1 heterocycles. The van der Waals surface area contributed by atoms with Gasteiger partial charge in [0.25, 0.3) is 0 Å². The minimum absolute atomic E-state index is 0.149. The molecule has 0 aromatic heterocycles. The second-order valence-electron chi connectivity index (χ2n) is 4.90. The maximum Gasteiger partial charge on any atom is 0.573 e. The first-order valence-electron chi connectivity index (χ1n) is 6.54. The number of halogens is 3. The molecule has 1 aliphatic rings. The van der Waals surface area contributed by atoms with E-state index in [1.165, 1.54) is 18.2 Å². The van der Waals surface area contributed by atoms with E-state index in [2.05, 4.69) is 10.1 Å². The molecule has 0 radical (unpaired) electrons. The number of carbonyl (C=O) groups excluding carboxylic acids is 1. The topological polar surface area (TPSA) is 38.3 Å². The number of Topliss-reactive ketones (excluding diaryl/α,β-unsaturated/α-hetero) is 1. The van der Waals surface area contributed by atoms with Crippen molar-refractivity contribution < 1.29 is 22.7 Å². The molecule has 3 nitrogen and oxygen atoms in total. The summed E-state index contributed by atoms with van der Waals surface area (Å²) < 4.78 is 40.1. The molecule has 1 aromatic carbocycles. The van der Waals surface area contributed by atoms with Gasteiger partial charge in [-0.05, 0) is 44.0 Å². The predicted molar refractivity (Wildman–Crippen MR) is 67.7 cm³/mol. The van der Waals surface area contributed by atoms with Gasteiger partial charge in [0.15, 0.2) is 5.78 Å². The maximum atomic E-state index is 12.1. The summed E-state index contributed by atoms with van der Waals surface area (Å²) in [6.07, 6.45) is -2.58. The molecule has 1 fully saturated rings. The highest BCUT2D eigenvalue weighted by Crippen LogP contribution is 2.24. The minimum atomic E-state index is -4.74. The molecular weight excluding hydrogens is 271 g/mol. The number of hydrogen-bond donors (Lipinski definition) is 1. The first kappa shape index (κ1) is 14.8. The van der Waals surface area contributed by atoms with Crippen molar-refractivity contribution in [2.24, 2.45) is 5.92 Å². The number of benzene rings is 1. The Morgan fingerprint density at radius 3 is 2.85 bits per heavy atom. The number of rotatable bonds is 5. The van der Waals surface area contributed by atoms with Crippen LogP contribution in [0.1, 0.15) is 29.6 Å². The molecular formula is C14H16F3NO2. The molecule has 20 heavy (non-hydrogen) atoms. The Balaban J connectivity index is 1.93. The zero-order valence-electron chi connectivity index (χ0n) is 10.9. The van der Waals surface area contributed by atoms with E-state index in [4.69, 9.17) is 0 Å². The van der Waals surface area contributed by atoms with Gasteiger partial charge >= 0.3 is 6.36 Å². The Morgan fingerprint density at radius 1 is 1.40 bits per heavy atom. The van der Waals surface area contributed by atoms with Crippen molar-refractivity contribution in [3.8, 4) is 5.75 Å². The van der Waals surface area contributed by atoms with Crippen LogP contribution in [0.3, 0.4) is 0 Å². The highest BCUT2D eigenvalue weighted by Gasteiger charge is 2.31. The van der Waals surface area contributed by atoms with E-state index < -0.39 is 6.36 Å². The fourth-order valence-corrected chi connectivity index (χ4v) is 2.31. The van der Waals surface area contributed by atoms with Crippen LogP contribution in [0.4, 0.5) is 13.2 Å². The van der Waals surface area contributed by atoms with E-state index in [9.17, 15) is 18.0 Å². The Bertz CT molecular complexity index is 468. The molecule has 1 aromatic rings. The Hall–Kier alpha value is -1.56. The molecule has 1 atom stereocenters. The van der Waals surface area contributed by atoms with E-state index in [0.29, 0.717) is 12.3 Å². The highest BCUT2D eigenvalue weighted by atomic mass is 19.4. The van der Waals surface area contributed by atoms with Crippen molar-refractivity contribution in [3.05, 3.63) is 29.8 Å². The van der Waals surface area contributed by atoms with Gasteiger partial charge in [0.2, 0.25) is 0 Å². The molecule has 0 spiro atoms. The zero-order valence-corrected chi connectivity index (χ0v) is 10.9. The molecule has 1 aliphatic heterocycles. The third-order valence-corrected chi connectivity index (χ3v) is 3.33. The van der Waals surface area contributed by atoms with E-state index in [0.717, 1.165) is 32.0 Å². The number of alkyl halides is 3. The number of ether oxygens (including phenoxy) is 1. The quantitative estimate of drug-likeness (QED) is 0.845. The molecule has 1 unspecified atom stereocenters. The highest BCUT2D eigenvalue weighted by molar-refractivity contribution is 5.96. The normalized spacial score (nSPS) is 19.1. The zero-order chi connectivity index (χ0) is 14.6. The smallest absolute Gasteiger partial charge is 0.406 e. The Kier molecular flexibility index (Phi) is 4.65. The summed E-state index contributed by atoms with van der Waals surface area (Å²) >= 11 is 0. The largest absolute Gasteiger partial charge is 0.573 e. The summed E-state index contributed by atoms with van der Waals surface area (Å²) in [6.45, 7) is 1.87. The third-order valence-electron chi connectivity index (χ3n) is 3.33. The van der Waals surface area contributed by atoms with E-state index in [1.54, 1.807) is 0 Å². The standard InChI is InChI=1S/C14H16F3NO2/c15-14(16,17)20-12-3-1-2-11(8-12)13(19)5-4-10-6-7-18-9-10/h1-3,8,10,18H,4-7,9H2. The summed E-state index contributed by atoms with van der Waals surface area (Å²) in [5.41, 5.74) is 0.262. The summed E-state index contributed by atoms with van der Waals surface area (Å²) in [6, 6.07) is 5.23. The molecule has 2 rings (SSSR count). The van der Waals surface area contributed by atoms with Gasteiger partial charge in [-0.3, -0.25) is 4.79 Å². The van der Waals surface area contributed by atoms with E-state index in [1.807, 2.05) is 0 Å². The van der Waals surface area contributed by atoms with Gasteiger partial charge < -0.3 is 10.1 Å². The Morgan fingerprint density at radius 2 is 2.20 bits per heavy atom. The van der Waals surface area contributed by atoms with E-state index in [-0.39, 0.29) is 17.1 Å². The number of ketones is 1. The van der Waals surface area contributed by atoms with Crippen molar-refractivity contribution in [1.82, 2.24) is 5.32 Å². The second kappa shape index (κ2) is 6.26. The average molecular weight is 287 g/mol. The van der Waals surface area contributed by atoms with Crippen LogP contribution in [-0.2, 0) is 0 Å². The van der Waals surface area contributed by atoms with Gasteiger partial charge in [-0.2, -0.15) is 0 Å². The fourth-order valence-electron chi connectivity index (χ4n) is 2.31. The number of hydrogen-bond acceptors (Lipinski definition) is 3. The van der Waals surface area contributed by atoms with Gasteiger partial charge in [0.1, 0.15) is 5.75 Å². The minimum Gasteiger partial charge on any atom is -0.406 e. The molecule has 0 aliphatic carbocycles. The number of nitrogens with one attached hydrogen (secondary N) is 1. The molecule has 1 saturated heterocycles. The van der Waals surface area contributed by atoms with Crippen LogP contribution in [0, 0.1) is 5.92 Å². The van der Waals surface area contributed by atoms with Crippen molar-refractivity contribution >= 4 is 5.78 Å². The van der Waals surface area contributed by atoms with Crippen LogP contribution in [0.5, 0.6) is 5.75 Å². The van der Waals surface area contributed by atoms with Crippen LogP contribution in [0.25, 0.3) is 0 Å². The lowest BCUT2D eigenvalue weighted by Gasteiger charge is -2.10. The van der Waals surface area contributed by atoms with Crippen molar-refractivity contribution in [2.45, 2.75) is 25.6 Å². The maximum absolute atomic E-state index is 12.1. The second-order valence-corrected chi connectivity index (χ2v) is 4.90. The third kappa shape index (κ3) is 4.52. The molecule has 110 valence electrons. The molecule has 1 N–H and O–H groups in total. The summed E-state index contributed by atoms with van der Waals surface area (Å²) in [7, 11) is 0. The van der Waals surface area contributed by atoms with Crippen molar-refractivity contribution in [1.29, 1.82) is 0 Å². The van der Waals surface area contributed by atoms with Gasteiger partial charge in [-0.15, -0.1) is 13.2 Å². The SMILES string of the molecule is O=C(CCC1CCNC1)c1cccc(OC(F)(F)F)c1. The lowest BCUT2D eigenvalue weighted by molar-refractivity contribution is -0.274. The van der Waals surface area contributed by atoms with Gasteiger partial charge in [-0.1, -0.05) is 12.1 Å². The lowest BCUT2D eigenvalue weighted by Crippen LogP contribution is -2.17. The van der Waals surface area contributed by atoms with Gasteiger partial charge in [-0.25, -0.2) is 0 Å². The van der Waals surface area contributed by atoms with Crippen LogP contribution >= 0.6 is 0 Å². The molecule has 0 bridgehead atoms. The summed E-state index contributed by atoms with van der Waals surface area (Å²) in [5.74, 6) is -0.0241. The predicted octanol–water partition coefficient (Wildman–Crippen LogP) is 3.16. The Labute approximate surface area is 115 Å². The van der Waals surface area contributed by atoms with Crippen LogP contribution in [0.2, 0.25) is 0 Å². The first-order valence-corrected chi connectivity index (χ1v) is 6.54. The van der Waals surface area contributed by atoms with Crippen LogP contribution in [0.15, 0.2) is 24.3 Å². The fraction of sp³-hybridized carbons (Fsp3) is 0.500. The van der Waals surface area contributed by atoms with Crippen LogP contribution in [-0.4, -0.2) is 25.2 Å². The molecule has 6 heteroatoms. The first-order chi connectivity index (χ1) is 9.44. The van der Waals surface area contributed by atoms with Gasteiger partial charge in [0.05, 0.1) is 0 Å². The summed E-state index contributed by atoms with van der Waals surface area (Å²) in [5, 5.41) is 3.21.